The second-order valence-corrected chi connectivity index (χ2v) is 3.92. The van der Waals surface area contributed by atoms with Crippen molar-refractivity contribution in [2.24, 2.45) is 0 Å². The molecule has 0 aliphatic rings. The molecule has 0 amide bonds. The minimum atomic E-state index is -0.548. The molecule has 0 fully saturated rings. The first-order valence-electron chi connectivity index (χ1n) is 5.48. The quantitative estimate of drug-likeness (QED) is 0.436. The monoisotopic (exact) mass is 255 g/mol. The first-order valence-corrected chi connectivity index (χ1v) is 5.48. The third-order valence-electron chi connectivity index (χ3n) is 2.24. The standard InChI is InChI=1S/C10H17N5O3/c1-14(2)6-4-5-11-9-8(15(16)17)10(18-3)13-7-12-9/h7H,4-6H2,1-3H3,(H,11,12,13). The average Bonchev–Trinajstić information content (AvgIpc) is 2.33. The zero-order chi connectivity index (χ0) is 13.5. The molecule has 8 heteroatoms. The Labute approximate surface area is 105 Å². The van der Waals surface area contributed by atoms with Crippen LogP contribution in [0.3, 0.4) is 0 Å². The van der Waals surface area contributed by atoms with Crippen molar-refractivity contribution in [1.82, 2.24) is 14.9 Å². The molecule has 0 saturated heterocycles. The maximum Gasteiger partial charge on any atom is 0.372 e. The van der Waals surface area contributed by atoms with Gasteiger partial charge in [-0.05, 0) is 27.1 Å². The van der Waals surface area contributed by atoms with Crippen molar-refractivity contribution in [2.45, 2.75) is 6.42 Å². The number of nitro groups is 1. The van der Waals surface area contributed by atoms with E-state index < -0.39 is 4.92 Å². The van der Waals surface area contributed by atoms with E-state index in [0.29, 0.717) is 6.54 Å². The van der Waals surface area contributed by atoms with Crippen molar-refractivity contribution < 1.29 is 9.66 Å². The Bertz CT molecular complexity index is 410. The predicted octanol–water partition coefficient (Wildman–Crippen LogP) is 0.757. The average molecular weight is 255 g/mol. The van der Waals surface area contributed by atoms with E-state index in [1.807, 2.05) is 19.0 Å². The molecule has 8 nitrogen and oxygen atoms in total. The molecule has 1 aromatic rings. The second kappa shape index (κ2) is 6.70. The van der Waals surface area contributed by atoms with Gasteiger partial charge in [-0.25, -0.2) is 4.98 Å². The number of nitrogens with zero attached hydrogens (tertiary/aromatic N) is 4. The van der Waals surface area contributed by atoms with E-state index in [1.165, 1.54) is 13.4 Å². The van der Waals surface area contributed by atoms with Gasteiger partial charge >= 0.3 is 5.69 Å². The fraction of sp³-hybridized carbons (Fsp3) is 0.600. The molecule has 0 radical (unpaired) electrons. The van der Waals surface area contributed by atoms with E-state index in [9.17, 15) is 10.1 Å². The molecule has 0 aliphatic heterocycles. The minimum absolute atomic E-state index is 0.0369. The molecule has 0 atom stereocenters. The van der Waals surface area contributed by atoms with Gasteiger partial charge < -0.3 is 15.0 Å². The lowest BCUT2D eigenvalue weighted by atomic mass is 10.4. The summed E-state index contributed by atoms with van der Waals surface area (Å²) < 4.78 is 4.85. The summed E-state index contributed by atoms with van der Waals surface area (Å²) in [5, 5.41) is 13.9. The van der Waals surface area contributed by atoms with Gasteiger partial charge in [0.15, 0.2) is 0 Å². The molecule has 0 aliphatic carbocycles. The van der Waals surface area contributed by atoms with E-state index in [4.69, 9.17) is 4.74 Å². The predicted molar refractivity (Wildman–Crippen MR) is 66.9 cm³/mol. The summed E-state index contributed by atoms with van der Waals surface area (Å²) in [5.41, 5.74) is -0.232. The number of aromatic nitrogens is 2. The van der Waals surface area contributed by atoms with E-state index in [0.717, 1.165) is 13.0 Å². The van der Waals surface area contributed by atoms with Gasteiger partial charge in [0.1, 0.15) is 6.33 Å². The van der Waals surface area contributed by atoms with Crippen LogP contribution < -0.4 is 10.1 Å². The van der Waals surface area contributed by atoms with E-state index in [2.05, 4.69) is 15.3 Å². The van der Waals surface area contributed by atoms with Crippen LogP contribution >= 0.6 is 0 Å². The molecular formula is C10H17N5O3. The summed E-state index contributed by atoms with van der Waals surface area (Å²) in [6, 6.07) is 0. The largest absolute Gasteiger partial charge is 0.476 e. The summed E-state index contributed by atoms with van der Waals surface area (Å²) in [5.74, 6) is 0.149. The van der Waals surface area contributed by atoms with E-state index in [1.54, 1.807) is 0 Å². The van der Waals surface area contributed by atoms with Crippen molar-refractivity contribution >= 4 is 11.5 Å². The van der Waals surface area contributed by atoms with Gasteiger partial charge in [-0.3, -0.25) is 10.1 Å². The number of methoxy groups -OCH3 is 1. The van der Waals surface area contributed by atoms with Crippen LogP contribution in [0.25, 0.3) is 0 Å². The van der Waals surface area contributed by atoms with Crippen molar-refractivity contribution in [3.63, 3.8) is 0 Å². The van der Waals surface area contributed by atoms with Crippen molar-refractivity contribution in [3.05, 3.63) is 16.4 Å². The lowest BCUT2D eigenvalue weighted by Crippen LogP contribution is -2.17. The molecule has 0 saturated carbocycles. The Hall–Kier alpha value is -1.96. The lowest BCUT2D eigenvalue weighted by Gasteiger charge is -2.10. The van der Waals surface area contributed by atoms with Crippen LogP contribution in [0.1, 0.15) is 6.42 Å². The molecular weight excluding hydrogens is 238 g/mol. The topological polar surface area (TPSA) is 93.4 Å². The van der Waals surface area contributed by atoms with Crippen LogP contribution in [0, 0.1) is 10.1 Å². The molecule has 0 bridgehead atoms. The Morgan fingerprint density at radius 3 is 2.78 bits per heavy atom. The Kier molecular flexibility index (Phi) is 5.25. The zero-order valence-corrected chi connectivity index (χ0v) is 10.7. The van der Waals surface area contributed by atoms with E-state index in [-0.39, 0.29) is 17.4 Å². The van der Waals surface area contributed by atoms with Gasteiger partial charge in [0.2, 0.25) is 5.82 Å². The summed E-state index contributed by atoms with van der Waals surface area (Å²) in [7, 11) is 5.28. The molecule has 18 heavy (non-hydrogen) atoms. The number of nitrogens with one attached hydrogen (secondary N) is 1. The van der Waals surface area contributed by atoms with Crippen molar-refractivity contribution in [2.75, 3.05) is 39.6 Å². The van der Waals surface area contributed by atoms with Gasteiger partial charge in [-0.1, -0.05) is 0 Å². The summed E-state index contributed by atoms with van der Waals surface area (Å²) in [4.78, 5) is 20.0. The second-order valence-electron chi connectivity index (χ2n) is 3.92. The molecule has 1 N–H and O–H groups in total. The molecule has 0 unspecified atom stereocenters. The summed E-state index contributed by atoms with van der Waals surface area (Å²) in [6.45, 7) is 1.49. The van der Waals surface area contributed by atoms with Crippen LogP contribution in [0.2, 0.25) is 0 Å². The Morgan fingerprint density at radius 1 is 1.50 bits per heavy atom. The fourth-order valence-corrected chi connectivity index (χ4v) is 1.41. The molecule has 100 valence electrons. The molecule has 0 aromatic carbocycles. The molecule has 1 rings (SSSR count). The highest BCUT2D eigenvalue weighted by Crippen LogP contribution is 2.30. The summed E-state index contributed by atoms with van der Waals surface area (Å²) >= 11 is 0. The van der Waals surface area contributed by atoms with Crippen LogP contribution in [0.4, 0.5) is 11.5 Å². The number of hydrogen-bond acceptors (Lipinski definition) is 7. The van der Waals surface area contributed by atoms with Gasteiger partial charge in [0.25, 0.3) is 5.88 Å². The maximum absolute atomic E-state index is 10.9. The molecule has 1 heterocycles. The van der Waals surface area contributed by atoms with Gasteiger partial charge in [0, 0.05) is 6.54 Å². The van der Waals surface area contributed by atoms with E-state index >= 15 is 0 Å². The van der Waals surface area contributed by atoms with Crippen molar-refractivity contribution in [3.8, 4) is 5.88 Å². The highest BCUT2D eigenvalue weighted by molar-refractivity contribution is 5.60. The lowest BCUT2D eigenvalue weighted by molar-refractivity contribution is -0.385. The molecule has 1 aromatic heterocycles. The molecule has 0 spiro atoms. The van der Waals surface area contributed by atoms with Crippen LogP contribution in [0.5, 0.6) is 5.88 Å². The first-order chi connectivity index (χ1) is 8.56. The Morgan fingerprint density at radius 2 is 2.22 bits per heavy atom. The number of rotatable bonds is 7. The minimum Gasteiger partial charge on any atom is -0.476 e. The van der Waals surface area contributed by atoms with Gasteiger partial charge in [-0.15, -0.1) is 0 Å². The number of anilines is 1. The third kappa shape index (κ3) is 3.81. The normalized spacial score (nSPS) is 10.4. The fourth-order valence-electron chi connectivity index (χ4n) is 1.41. The van der Waals surface area contributed by atoms with Gasteiger partial charge in [0.05, 0.1) is 12.0 Å². The highest BCUT2D eigenvalue weighted by atomic mass is 16.6. The van der Waals surface area contributed by atoms with Crippen LogP contribution in [-0.4, -0.2) is 54.1 Å². The van der Waals surface area contributed by atoms with Crippen molar-refractivity contribution in [1.29, 1.82) is 0 Å². The summed E-state index contributed by atoms with van der Waals surface area (Å²) in [6.07, 6.45) is 2.09. The smallest absolute Gasteiger partial charge is 0.372 e. The maximum atomic E-state index is 10.9. The highest BCUT2D eigenvalue weighted by Gasteiger charge is 2.23. The SMILES string of the molecule is COc1ncnc(NCCCN(C)C)c1[N+](=O)[O-]. The van der Waals surface area contributed by atoms with Gasteiger partial charge in [-0.2, -0.15) is 4.98 Å². The number of hydrogen-bond donors (Lipinski definition) is 1. The van der Waals surface area contributed by atoms with Crippen LogP contribution in [0.15, 0.2) is 6.33 Å². The Balaban J connectivity index is 2.72. The third-order valence-corrected chi connectivity index (χ3v) is 2.24. The zero-order valence-electron chi connectivity index (χ0n) is 10.7. The number of ether oxygens (including phenoxy) is 1. The van der Waals surface area contributed by atoms with Crippen LogP contribution in [-0.2, 0) is 0 Å². The first kappa shape index (κ1) is 14.1.